The Hall–Kier alpha value is -1.88. The van der Waals surface area contributed by atoms with Crippen molar-refractivity contribution in [1.82, 2.24) is 19.4 Å². The van der Waals surface area contributed by atoms with E-state index in [1.807, 2.05) is 0 Å². The summed E-state index contributed by atoms with van der Waals surface area (Å²) in [6.45, 7) is 7.61. The highest BCUT2D eigenvalue weighted by Gasteiger charge is 2.40. The minimum atomic E-state index is 0.122. The number of likely N-dealkylation sites (N-methyl/N-ethyl adjacent to an activating group) is 1. The largest absolute Gasteiger partial charge is 0.359 e. The summed E-state index contributed by atoms with van der Waals surface area (Å²) in [5.74, 6) is 1.91. The number of carbonyl (C=O) groups is 1. The number of nitrogens with zero attached hydrogens (tertiary/aromatic N) is 4. The van der Waals surface area contributed by atoms with E-state index in [9.17, 15) is 4.79 Å². The zero-order valence-electron chi connectivity index (χ0n) is 16.9. The molecule has 27 heavy (non-hydrogen) atoms. The second-order valence-corrected chi connectivity index (χ2v) is 8.36. The van der Waals surface area contributed by atoms with Gasteiger partial charge in [-0.1, -0.05) is 13.0 Å². The third-order valence-electron chi connectivity index (χ3n) is 6.41. The van der Waals surface area contributed by atoms with Gasteiger partial charge in [-0.05, 0) is 63.3 Å². The number of carbonyl (C=O) groups excluding carboxylic acids is 1. The molecule has 0 radical (unpaired) electrons. The molecular formula is C22H32N4O. The molecule has 1 aromatic rings. The first-order valence-electron chi connectivity index (χ1n) is 10.5. The van der Waals surface area contributed by atoms with Gasteiger partial charge in [-0.3, -0.25) is 4.79 Å². The van der Waals surface area contributed by atoms with Gasteiger partial charge in [-0.15, -0.1) is 0 Å². The van der Waals surface area contributed by atoms with E-state index in [4.69, 9.17) is 0 Å². The van der Waals surface area contributed by atoms with Gasteiger partial charge >= 0.3 is 0 Å². The van der Waals surface area contributed by atoms with Crippen molar-refractivity contribution >= 4 is 5.78 Å². The standard InChI is InChI=1S/C22H32N4O/c1-4-24(3)12-6-9-19(17-7-5-8-17)25-15-22-23-13-20(16(2)27)26(22)14-21(25)18-10-11-18/h6,9,13,18,21H,4-5,7-8,10-12,14-15H2,1-3H3/b9-6+. The van der Waals surface area contributed by atoms with Crippen LogP contribution >= 0.6 is 0 Å². The van der Waals surface area contributed by atoms with Crippen molar-refractivity contribution in [2.24, 2.45) is 5.92 Å². The summed E-state index contributed by atoms with van der Waals surface area (Å²) in [7, 11) is 2.16. The van der Waals surface area contributed by atoms with E-state index in [-0.39, 0.29) is 5.78 Å². The smallest absolute Gasteiger partial charge is 0.177 e. The molecule has 0 amide bonds. The van der Waals surface area contributed by atoms with E-state index in [2.05, 4.69) is 45.5 Å². The molecule has 1 aromatic heterocycles. The molecule has 1 unspecified atom stereocenters. The monoisotopic (exact) mass is 368 g/mol. The van der Waals surface area contributed by atoms with Gasteiger partial charge in [-0.25, -0.2) is 4.98 Å². The van der Waals surface area contributed by atoms with Crippen molar-refractivity contribution in [3.63, 3.8) is 0 Å². The summed E-state index contributed by atoms with van der Waals surface area (Å²) in [5.41, 5.74) is 3.80. The molecule has 146 valence electrons. The van der Waals surface area contributed by atoms with Gasteiger partial charge in [0.25, 0.3) is 0 Å². The lowest BCUT2D eigenvalue weighted by molar-refractivity contribution is 0.0994. The van der Waals surface area contributed by atoms with Crippen LogP contribution in [0.4, 0.5) is 0 Å². The number of hydrogen-bond donors (Lipinski definition) is 0. The van der Waals surface area contributed by atoms with Crippen molar-refractivity contribution < 1.29 is 4.79 Å². The fourth-order valence-corrected chi connectivity index (χ4v) is 4.23. The molecule has 1 atom stereocenters. The molecule has 2 saturated carbocycles. The van der Waals surface area contributed by atoms with Gasteiger partial charge in [-0.2, -0.15) is 0 Å². The normalized spacial score (nSPS) is 22.3. The average molecular weight is 369 g/mol. The second kappa shape index (κ2) is 7.63. The number of imidazole rings is 1. The fourth-order valence-electron chi connectivity index (χ4n) is 4.23. The molecule has 3 aliphatic rings. The van der Waals surface area contributed by atoms with Crippen molar-refractivity contribution in [3.8, 4) is 0 Å². The Morgan fingerprint density at radius 1 is 1.37 bits per heavy atom. The summed E-state index contributed by atoms with van der Waals surface area (Å²) in [6.07, 6.45) is 12.8. The van der Waals surface area contributed by atoms with Crippen LogP contribution in [0.2, 0.25) is 0 Å². The van der Waals surface area contributed by atoms with Crippen LogP contribution in [0.15, 0.2) is 29.6 Å². The van der Waals surface area contributed by atoms with Crippen LogP contribution in [0.25, 0.3) is 0 Å². The number of allylic oxidation sites excluding steroid dienone is 2. The van der Waals surface area contributed by atoms with Gasteiger partial charge in [0.15, 0.2) is 5.78 Å². The van der Waals surface area contributed by atoms with Gasteiger partial charge in [0, 0.05) is 25.7 Å². The molecule has 0 N–H and O–H groups in total. The summed E-state index contributed by atoms with van der Waals surface area (Å²) in [6, 6.07) is 0.487. The molecule has 5 heteroatoms. The van der Waals surface area contributed by atoms with E-state index in [1.165, 1.54) is 37.8 Å². The van der Waals surface area contributed by atoms with Gasteiger partial charge in [0.1, 0.15) is 11.5 Å². The molecule has 0 bridgehead atoms. The lowest BCUT2D eigenvalue weighted by atomic mass is 9.89. The topological polar surface area (TPSA) is 41.4 Å². The van der Waals surface area contributed by atoms with E-state index in [0.29, 0.717) is 6.04 Å². The second-order valence-electron chi connectivity index (χ2n) is 8.36. The highest BCUT2D eigenvalue weighted by atomic mass is 16.1. The Kier molecular flexibility index (Phi) is 5.22. The molecule has 0 aromatic carbocycles. The van der Waals surface area contributed by atoms with Crippen LogP contribution in [0.5, 0.6) is 0 Å². The Morgan fingerprint density at radius 2 is 2.15 bits per heavy atom. The average Bonchev–Trinajstić information content (AvgIpc) is 3.37. The molecule has 2 fully saturated rings. The predicted octanol–water partition coefficient (Wildman–Crippen LogP) is 3.63. The van der Waals surface area contributed by atoms with Crippen LogP contribution in [0.3, 0.4) is 0 Å². The molecule has 0 saturated heterocycles. The van der Waals surface area contributed by atoms with Crippen LogP contribution in [0, 0.1) is 5.92 Å². The van der Waals surface area contributed by atoms with Crippen LogP contribution in [-0.2, 0) is 13.1 Å². The van der Waals surface area contributed by atoms with Crippen molar-refractivity contribution in [2.45, 2.75) is 65.1 Å². The quantitative estimate of drug-likeness (QED) is 0.689. The minimum absolute atomic E-state index is 0.122. The fraction of sp³-hybridized carbons (Fsp3) is 0.636. The van der Waals surface area contributed by atoms with Crippen molar-refractivity contribution in [3.05, 3.63) is 41.1 Å². The van der Waals surface area contributed by atoms with E-state index in [0.717, 1.165) is 43.6 Å². The Balaban J connectivity index is 1.63. The SMILES string of the molecule is CCN(C)C/C=C/C(=C1CCC1)N1Cc2ncc(C(C)=O)n2CC1C1CC1. The molecule has 2 aliphatic carbocycles. The first kappa shape index (κ1) is 18.5. The number of fused-ring (bicyclic) bond motifs is 1. The number of hydrogen-bond acceptors (Lipinski definition) is 4. The zero-order valence-corrected chi connectivity index (χ0v) is 16.9. The number of aromatic nitrogens is 2. The Labute approximate surface area is 162 Å². The molecule has 2 heterocycles. The third kappa shape index (κ3) is 3.75. The van der Waals surface area contributed by atoms with Crippen LogP contribution in [0.1, 0.15) is 62.3 Å². The van der Waals surface area contributed by atoms with E-state index >= 15 is 0 Å². The van der Waals surface area contributed by atoms with Crippen LogP contribution < -0.4 is 0 Å². The molecule has 0 spiro atoms. The van der Waals surface area contributed by atoms with Crippen molar-refractivity contribution in [2.75, 3.05) is 20.1 Å². The highest BCUT2D eigenvalue weighted by molar-refractivity contribution is 5.92. The Bertz CT molecular complexity index is 765. The minimum Gasteiger partial charge on any atom is -0.359 e. The lowest BCUT2D eigenvalue weighted by Crippen LogP contribution is -2.44. The van der Waals surface area contributed by atoms with Gasteiger partial charge < -0.3 is 14.4 Å². The Morgan fingerprint density at radius 3 is 2.74 bits per heavy atom. The maximum absolute atomic E-state index is 12.0. The third-order valence-corrected chi connectivity index (χ3v) is 6.41. The summed E-state index contributed by atoms with van der Waals surface area (Å²) < 4.78 is 2.18. The van der Waals surface area contributed by atoms with E-state index in [1.54, 1.807) is 18.7 Å². The van der Waals surface area contributed by atoms with Crippen LogP contribution in [-0.4, -0.2) is 51.3 Å². The molecular weight excluding hydrogens is 336 g/mol. The van der Waals surface area contributed by atoms with Gasteiger partial charge in [0.05, 0.1) is 18.8 Å². The molecule has 4 rings (SSSR count). The lowest BCUT2D eigenvalue weighted by Gasteiger charge is -2.41. The number of Topliss-reactive ketones (excluding diaryl/α,β-unsaturated/α-hetero) is 1. The molecule has 5 nitrogen and oxygen atoms in total. The first-order chi connectivity index (χ1) is 13.1. The summed E-state index contributed by atoms with van der Waals surface area (Å²) >= 11 is 0. The highest BCUT2D eigenvalue weighted by Crippen LogP contribution is 2.42. The zero-order chi connectivity index (χ0) is 19.0. The summed E-state index contributed by atoms with van der Waals surface area (Å²) in [4.78, 5) is 21.5. The van der Waals surface area contributed by atoms with Crippen molar-refractivity contribution in [1.29, 1.82) is 0 Å². The van der Waals surface area contributed by atoms with E-state index < -0.39 is 0 Å². The maximum Gasteiger partial charge on any atom is 0.177 e. The number of ketones is 1. The number of rotatable bonds is 7. The summed E-state index contributed by atoms with van der Waals surface area (Å²) in [5, 5.41) is 0. The maximum atomic E-state index is 12.0. The molecule has 1 aliphatic heterocycles. The first-order valence-corrected chi connectivity index (χ1v) is 10.5. The predicted molar refractivity (Wildman–Crippen MR) is 107 cm³/mol. The van der Waals surface area contributed by atoms with Gasteiger partial charge in [0.2, 0.25) is 0 Å².